The van der Waals surface area contributed by atoms with Crippen molar-refractivity contribution in [3.05, 3.63) is 82.1 Å². The Hall–Kier alpha value is -3.64. The second kappa shape index (κ2) is 7.65. The number of carbonyl (C=O) groups is 2. The van der Waals surface area contributed by atoms with E-state index < -0.39 is 5.97 Å². The Bertz CT molecular complexity index is 1240. The van der Waals surface area contributed by atoms with Crippen LogP contribution < -0.4 is 5.01 Å². The number of rotatable bonds is 4. The zero-order valence-corrected chi connectivity index (χ0v) is 17.0. The number of aryl methyl sites for hydroxylation is 1. The van der Waals surface area contributed by atoms with Crippen molar-refractivity contribution in [2.24, 2.45) is 5.10 Å². The first-order chi connectivity index (χ1) is 14.3. The van der Waals surface area contributed by atoms with Crippen LogP contribution in [0.2, 0.25) is 5.02 Å². The number of amides is 1. The largest absolute Gasteiger partial charge is 0.478 e. The molecular weight excluding hydrogens is 404 g/mol. The Morgan fingerprint density at radius 3 is 2.67 bits per heavy atom. The number of hydrogen-bond donors (Lipinski definition) is 1. The molecule has 0 aliphatic carbocycles. The Labute approximate surface area is 177 Å². The van der Waals surface area contributed by atoms with Crippen LogP contribution in [-0.4, -0.2) is 22.7 Å². The van der Waals surface area contributed by atoms with E-state index in [1.165, 1.54) is 17.1 Å². The molecule has 1 N–H and O–H groups in total. The van der Waals surface area contributed by atoms with Crippen LogP contribution in [0, 0.1) is 6.92 Å². The molecule has 30 heavy (non-hydrogen) atoms. The minimum atomic E-state index is -1.07. The van der Waals surface area contributed by atoms with E-state index in [2.05, 4.69) is 5.10 Å². The van der Waals surface area contributed by atoms with Gasteiger partial charge in [0, 0.05) is 10.6 Å². The SMILES string of the molecule is CC1=NN(c2cccc(C(=O)O)c2)C(=O)/C1=C/c1ccc(-c2ccc(C)c(Cl)c2)o1. The smallest absolute Gasteiger partial charge is 0.335 e. The van der Waals surface area contributed by atoms with Gasteiger partial charge in [-0.15, -0.1) is 0 Å². The zero-order valence-electron chi connectivity index (χ0n) is 16.2. The third-order valence-electron chi connectivity index (χ3n) is 4.77. The number of aromatic carboxylic acids is 1. The summed E-state index contributed by atoms with van der Waals surface area (Å²) in [5, 5.41) is 15.3. The van der Waals surface area contributed by atoms with Gasteiger partial charge in [0.25, 0.3) is 5.91 Å². The molecule has 0 atom stereocenters. The maximum atomic E-state index is 12.9. The van der Waals surface area contributed by atoms with E-state index in [0.29, 0.717) is 33.5 Å². The highest BCUT2D eigenvalue weighted by molar-refractivity contribution is 6.32. The summed E-state index contributed by atoms with van der Waals surface area (Å²) in [7, 11) is 0. The summed E-state index contributed by atoms with van der Waals surface area (Å²) in [6.45, 7) is 3.64. The fourth-order valence-corrected chi connectivity index (χ4v) is 3.28. The lowest BCUT2D eigenvalue weighted by Crippen LogP contribution is -2.21. The number of nitrogens with zero attached hydrogens (tertiary/aromatic N) is 2. The van der Waals surface area contributed by atoms with E-state index >= 15 is 0 Å². The summed E-state index contributed by atoms with van der Waals surface area (Å²) in [5.41, 5.74) is 3.17. The van der Waals surface area contributed by atoms with Crippen molar-refractivity contribution in [3.8, 4) is 11.3 Å². The number of hydrogen-bond acceptors (Lipinski definition) is 4. The van der Waals surface area contributed by atoms with Gasteiger partial charge in [-0.3, -0.25) is 4.79 Å². The lowest BCUT2D eigenvalue weighted by Gasteiger charge is -2.12. The second-order valence-corrected chi connectivity index (χ2v) is 7.29. The molecule has 7 heteroatoms. The molecule has 2 aromatic carbocycles. The lowest BCUT2D eigenvalue weighted by molar-refractivity contribution is -0.114. The van der Waals surface area contributed by atoms with Crippen LogP contribution in [0.5, 0.6) is 0 Å². The van der Waals surface area contributed by atoms with Gasteiger partial charge >= 0.3 is 5.97 Å². The van der Waals surface area contributed by atoms with Gasteiger partial charge in [0.2, 0.25) is 0 Å². The van der Waals surface area contributed by atoms with Gasteiger partial charge in [0.15, 0.2) is 0 Å². The number of furan rings is 1. The average molecular weight is 421 g/mol. The Morgan fingerprint density at radius 1 is 1.13 bits per heavy atom. The number of carbonyl (C=O) groups excluding carboxylic acids is 1. The van der Waals surface area contributed by atoms with Gasteiger partial charge < -0.3 is 9.52 Å². The molecule has 2 heterocycles. The zero-order chi connectivity index (χ0) is 21.4. The first kappa shape index (κ1) is 19.7. The van der Waals surface area contributed by atoms with Crippen LogP contribution >= 0.6 is 11.6 Å². The van der Waals surface area contributed by atoms with Crippen molar-refractivity contribution in [2.45, 2.75) is 13.8 Å². The van der Waals surface area contributed by atoms with Crippen LogP contribution in [0.15, 0.2) is 69.7 Å². The molecule has 0 radical (unpaired) electrons. The molecule has 0 saturated heterocycles. The van der Waals surface area contributed by atoms with E-state index in [-0.39, 0.29) is 11.5 Å². The first-order valence-corrected chi connectivity index (χ1v) is 9.53. The normalized spacial score (nSPS) is 15.0. The van der Waals surface area contributed by atoms with Gasteiger partial charge in [-0.25, -0.2) is 4.79 Å². The Kier molecular flexibility index (Phi) is 5.01. The van der Waals surface area contributed by atoms with Crippen molar-refractivity contribution in [3.63, 3.8) is 0 Å². The number of anilines is 1. The summed E-state index contributed by atoms with van der Waals surface area (Å²) < 4.78 is 5.88. The molecule has 1 aliphatic rings. The number of carboxylic acids is 1. The van der Waals surface area contributed by atoms with E-state index in [1.807, 2.05) is 31.2 Å². The number of hydrazone groups is 1. The molecule has 0 unspecified atom stereocenters. The highest BCUT2D eigenvalue weighted by atomic mass is 35.5. The van der Waals surface area contributed by atoms with Gasteiger partial charge in [-0.05, 0) is 61.9 Å². The van der Waals surface area contributed by atoms with Crippen LogP contribution in [0.3, 0.4) is 0 Å². The van der Waals surface area contributed by atoms with Crippen molar-refractivity contribution < 1.29 is 19.1 Å². The van der Waals surface area contributed by atoms with Crippen molar-refractivity contribution >= 4 is 41.0 Å². The topological polar surface area (TPSA) is 83.1 Å². The maximum Gasteiger partial charge on any atom is 0.335 e. The fourth-order valence-electron chi connectivity index (χ4n) is 3.10. The molecule has 1 aliphatic heterocycles. The molecule has 0 saturated carbocycles. The van der Waals surface area contributed by atoms with Gasteiger partial charge in [0.05, 0.1) is 22.5 Å². The molecule has 3 aromatic rings. The molecule has 0 fully saturated rings. The fraction of sp³-hybridized carbons (Fsp3) is 0.0870. The molecule has 4 rings (SSSR count). The Morgan fingerprint density at radius 2 is 1.93 bits per heavy atom. The molecule has 0 bridgehead atoms. The second-order valence-electron chi connectivity index (χ2n) is 6.88. The minimum absolute atomic E-state index is 0.0815. The standard InChI is InChI=1S/C23H17ClN2O4/c1-13-6-7-15(11-20(13)24)21-9-8-18(30-21)12-19-14(2)25-26(22(19)27)17-5-3-4-16(10-17)23(28)29/h3-12H,1-2H3,(H,28,29)/b19-12+. The third-order valence-corrected chi connectivity index (χ3v) is 5.18. The molecular formula is C23H17ClN2O4. The van der Waals surface area contributed by atoms with Crippen LogP contribution in [0.1, 0.15) is 28.6 Å². The van der Waals surface area contributed by atoms with E-state index in [0.717, 1.165) is 11.1 Å². The molecule has 150 valence electrons. The molecule has 1 amide bonds. The van der Waals surface area contributed by atoms with E-state index in [4.69, 9.17) is 16.0 Å². The quantitative estimate of drug-likeness (QED) is 0.572. The van der Waals surface area contributed by atoms with Crippen molar-refractivity contribution in [1.29, 1.82) is 0 Å². The molecule has 0 spiro atoms. The maximum absolute atomic E-state index is 12.9. The van der Waals surface area contributed by atoms with Crippen molar-refractivity contribution in [2.75, 3.05) is 5.01 Å². The highest BCUT2D eigenvalue weighted by Gasteiger charge is 2.29. The highest BCUT2D eigenvalue weighted by Crippen LogP contribution is 2.29. The van der Waals surface area contributed by atoms with Gasteiger partial charge in [-0.1, -0.05) is 29.8 Å². The van der Waals surface area contributed by atoms with Gasteiger partial charge in [0.1, 0.15) is 11.5 Å². The number of benzene rings is 2. The summed E-state index contributed by atoms with van der Waals surface area (Å²) in [4.78, 5) is 24.1. The monoisotopic (exact) mass is 420 g/mol. The summed E-state index contributed by atoms with van der Waals surface area (Å²) >= 11 is 6.19. The third kappa shape index (κ3) is 3.65. The predicted octanol–water partition coefficient (Wildman–Crippen LogP) is 5.41. The van der Waals surface area contributed by atoms with E-state index in [1.54, 1.807) is 31.2 Å². The van der Waals surface area contributed by atoms with Crippen LogP contribution in [-0.2, 0) is 4.79 Å². The van der Waals surface area contributed by atoms with Gasteiger partial charge in [-0.2, -0.15) is 10.1 Å². The molecule has 6 nitrogen and oxygen atoms in total. The summed E-state index contributed by atoms with van der Waals surface area (Å²) in [6.07, 6.45) is 1.63. The van der Waals surface area contributed by atoms with Crippen LogP contribution in [0.25, 0.3) is 17.4 Å². The number of halogens is 1. The van der Waals surface area contributed by atoms with E-state index in [9.17, 15) is 14.7 Å². The Balaban J connectivity index is 1.62. The summed E-state index contributed by atoms with van der Waals surface area (Å²) in [5.74, 6) is -0.291. The first-order valence-electron chi connectivity index (χ1n) is 9.15. The predicted molar refractivity (Wildman–Crippen MR) is 116 cm³/mol. The summed E-state index contributed by atoms with van der Waals surface area (Å²) in [6, 6.07) is 15.3. The molecule has 1 aromatic heterocycles. The lowest BCUT2D eigenvalue weighted by atomic mass is 10.1. The average Bonchev–Trinajstić information content (AvgIpc) is 3.30. The number of carboxylic acid groups (broad SMARTS) is 1. The van der Waals surface area contributed by atoms with Crippen molar-refractivity contribution in [1.82, 2.24) is 0 Å². The van der Waals surface area contributed by atoms with Crippen LogP contribution in [0.4, 0.5) is 5.69 Å². The minimum Gasteiger partial charge on any atom is -0.478 e.